The summed E-state index contributed by atoms with van der Waals surface area (Å²) in [4.78, 5) is 23.1. The summed E-state index contributed by atoms with van der Waals surface area (Å²) in [5, 5.41) is 12.4. The van der Waals surface area contributed by atoms with E-state index in [1.165, 1.54) is 7.11 Å². The molecule has 0 aromatic heterocycles. The molecule has 20 heavy (non-hydrogen) atoms. The standard InChI is InChI=1S/C14H27NO5/c1-5-6-9-20-11(16)7-8-15-13(18)12(17)14(2,3)10-19-4/h12,17H,5-10H2,1-4H3,(H,15,18)/t12-/m0/s1. The second-order valence-corrected chi connectivity index (χ2v) is 5.44. The van der Waals surface area contributed by atoms with Gasteiger partial charge in [0.1, 0.15) is 6.10 Å². The minimum Gasteiger partial charge on any atom is -0.466 e. The first-order chi connectivity index (χ1) is 9.35. The first kappa shape index (κ1) is 18.9. The van der Waals surface area contributed by atoms with Crippen LogP contribution in [0.4, 0.5) is 0 Å². The van der Waals surface area contributed by atoms with Crippen molar-refractivity contribution >= 4 is 11.9 Å². The highest BCUT2D eigenvalue weighted by atomic mass is 16.5. The number of carbonyl (C=O) groups excluding carboxylic acids is 2. The molecular formula is C14H27NO5. The normalized spacial score (nSPS) is 12.8. The highest BCUT2D eigenvalue weighted by molar-refractivity contribution is 5.81. The van der Waals surface area contributed by atoms with Gasteiger partial charge in [-0.1, -0.05) is 27.2 Å². The van der Waals surface area contributed by atoms with Crippen LogP contribution in [0.5, 0.6) is 0 Å². The fraction of sp³-hybridized carbons (Fsp3) is 0.857. The average Bonchev–Trinajstić information content (AvgIpc) is 2.38. The predicted molar refractivity (Wildman–Crippen MR) is 75.2 cm³/mol. The zero-order valence-corrected chi connectivity index (χ0v) is 12.9. The summed E-state index contributed by atoms with van der Waals surface area (Å²) >= 11 is 0. The van der Waals surface area contributed by atoms with E-state index in [1.54, 1.807) is 13.8 Å². The number of aliphatic hydroxyl groups excluding tert-OH is 1. The molecule has 2 N–H and O–H groups in total. The van der Waals surface area contributed by atoms with Crippen LogP contribution in [0.1, 0.15) is 40.0 Å². The third kappa shape index (κ3) is 7.45. The molecule has 0 aliphatic rings. The van der Waals surface area contributed by atoms with Crippen molar-refractivity contribution in [2.24, 2.45) is 5.41 Å². The van der Waals surface area contributed by atoms with Gasteiger partial charge in [-0.15, -0.1) is 0 Å². The van der Waals surface area contributed by atoms with Gasteiger partial charge in [-0.05, 0) is 6.42 Å². The maximum atomic E-state index is 11.7. The molecule has 0 aliphatic carbocycles. The van der Waals surface area contributed by atoms with Crippen LogP contribution in [0.3, 0.4) is 0 Å². The Bertz CT molecular complexity index is 304. The third-order valence-electron chi connectivity index (χ3n) is 2.89. The van der Waals surface area contributed by atoms with Gasteiger partial charge in [0.25, 0.3) is 0 Å². The second-order valence-electron chi connectivity index (χ2n) is 5.44. The number of ether oxygens (including phenoxy) is 2. The van der Waals surface area contributed by atoms with Crippen LogP contribution < -0.4 is 5.32 Å². The third-order valence-corrected chi connectivity index (χ3v) is 2.89. The topological polar surface area (TPSA) is 84.9 Å². The molecule has 118 valence electrons. The van der Waals surface area contributed by atoms with Crippen molar-refractivity contribution in [2.45, 2.75) is 46.1 Å². The Morgan fingerprint density at radius 3 is 2.55 bits per heavy atom. The van der Waals surface area contributed by atoms with E-state index in [0.29, 0.717) is 6.61 Å². The van der Waals surface area contributed by atoms with Crippen molar-refractivity contribution in [1.82, 2.24) is 5.32 Å². The number of nitrogens with one attached hydrogen (secondary N) is 1. The largest absolute Gasteiger partial charge is 0.466 e. The first-order valence-corrected chi connectivity index (χ1v) is 6.95. The Hall–Kier alpha value is -1.14. The first-order valence-electron chi connectivity index (χ1n) is 6.95. The van der Waals surface area contributed by atoms with Crippen LogP contribution in [0.2, 0.25) is 0 Å². The Labute approximate surface area is 120 Å². The molecule has 0 aliphatic heterocycles. The van der Waals surface area contributed by atoms with E-state index < -0.39 is 17.4 Å². The summed E-state index contributed by atoms with van der Waals surface area (Å²) in [6.07, 6.45) is 0.721. The maximum absolute atomic E-state index is 11.7. The van der Waals surface area contributed by atoms with Crippen LogP contribution in [0.15, 0.2) is 0 Å². The van der Waals surface area contributed by atoms with Crippen molar-refractivity contribution < 1.29 is 24.2 Å². The molecule has 0 aromatic carbocycles. The number of amides is 1. The van der Waals surface area contributed by atoms with Crippen LogP contribution >= 0.6 is 0 Å². The number of hydrogen-bond donors (Lipinski definition) is 2. The van der Waals surface area contributed by atoms with Gasteiger partial charge in [-0.3, -0.25) is 9.59 Å². The van der Waals surface area contributed by atoms with Gasteiger partial charge in [0.2, 0.25) is 5.91 Å². The molecule has 0 spiro atoms. The minimum atomic E-state index is -1.18. The highest BCUT2D eigenvalue weighted by Gasteiger charge is 2.33. The molecular weight excluding hydrogens is 262 g/mol. The van der Waals surface area contributed by atoms with Gasteiger partial charge in [0.15, 0.2) is 0 Å². The monoisotopic (exact) mass is 289 g/mol. The lowest BCUT2D eigenvalue weighted by atomic mass is 9.87. The Kier molecular flexibility index (Phi) is 9.16. The molecule has 6 heteroatoms. The molecule has 1 atom stereocenters. The summed E-state index contributed by atoms with van der Waals surface area (Å²) in [5.41, 5.74) is -0.680. The average molecular weight is 289 g/mol. The fourth-order valence-corrected chi connectivity index (χ4v) is 1.59. The van der Waals surface area contributed by atoms with Crippen molar-refractivity contribution in [2.75, 3.05) is 26.9 Å². The van der Waals surface area contributed by atoms with Crippen molar-refractivity contribution in [3.63, 3.8) is 0 Å². The van der Waals surface area contributed by atoms with E-state index >= 15 is 0 Å². The molecule has 0 rings (SSSR count). The molecule has 6 nitrogen and oxygen atoms in total. The van der Waals surface area contributed by atoms with E-state index in [2.05, 4.69) is 5.32 Å². The zero-order valence-electron chi connectivity index (χ0n) is 12.9. The molecule has 0 saturated carbocycles. The number of aliphatic hydroxyl groups is 1. The molecule has 0 fully saturated rings. The lowest BCUT2D eigenvalue weighted by Crippen LogP contribution is -2.46. The van der Waals surface area contributed by atoms with Crippen LogP contribution in [0.25, 0.3) is 0 Å². The van der Waals surface area contributed by atoms with Crippen LogP contribution in [0, 0.1) is 5.41 Å². The van der Waals surface area contributed by atoms with Crippen molar-refractivity contribution in [3.8, 4) is 0 Å². The predicted octanol–water partition coefficient (Wildman–Crippen LogP) is 0.870. The van der Waals surface area contributed by atoms with E-state index in [-0.39, 0.29) is 25.5 Å². The second kappa shape index (κ2) is 9.72. The SMILES string of the molecule is CCCCOC(=O)CCNC(=O)[C@H](O)C(C)(C)COC. The Balaban J connectivity index is 3.95. The minimum absolute atomic E-state index is 0.104. The smallest absolute Gasteiger partial charge is 0.307 e. The molecule has 1 amide bonds. The lowest BCUT2D eigenvalue weighted by Gasteiger charge is -2.28. The molecule has 0 unspecified atom stereocenters. The highest BCUT2D eigenvalue weighted by Crippen LogP contribution is 2.20. The van der Waals surface area contributed by atoms with Gasteiger partial charge in [0, 0.05) is 19.1 Å². The summed E-state index contributed by atoms with van der Waals surface area (Å²) in [5.74, 6) is -0.849. The van der Waals surface area contributed by atoms with Gasteiger partial charge in [-0.25, -0.2) is 0 Å². The van der Waals surface area contributed by atoms with E-state index in [0.717, 1.165) is 12.8 Å². The number of methoxy groups -OCH3 is 1. The molecule has 0 heterocycles. The summed E-state index contributed by atoms with van der Waals surface area (Å²) in [7, 11) is 1.51. The van der Waals surface area contributed by atoms with Gasteiger partial charge in [-0.2, -0.15) is 0 Å². The molecule has 0 bridgehead atoms. The van der Waals surface area contributed by atoms with E-state index in [1.807, 2.05) is 6.92 Å². The van der Waals surface area contributed by atoms with Gasteiger partial charge >= 0.3 is 5.97 Å². The van der Waals surface area contributed by atoms with E-state index in [4.69, 9.17) is 9.47 Å². The number of hydrogen-bond acceptors (Lipinski definition) is 5. The number of carbonyl (C=O) groups is 2. The van der Waals surface area contributed by atoms with Gasteiger partial charge < -0.3 is 19.9 Å². The quantitative estimate of drug-likeness (QED) is 0.460. The van der Waals surface area contributed by atoms with Crippen LogP contribution in [-0.2, 0) is 19.1 Å². The Morgan fingerprint density at radius 2 is 2.00 bits per heavy atom. The Morgan fingerprint density at radius 1 is 1.35 bits per heavy atom. The van der Waals surface area contributed by atoms with Crippen molar-refractivity contribution in [3.05, 3.63) is 0 Å². The summed E-state index contributed by atoms with van der Waals surface area (Å²) in [6.45, 7) is 6.31. The lowest BCUT2D eigenvalue weighted by molar-refractivity contribution is -0.144. The van der Waals surface area contributed by atoms with Gasteiger partial charge in [0.05, 0.1) is 19.6 Å². The number of unbranched alkanes of at least 4 members (excludes halogenated alkanes) is 1. The summed E-state index contributed by atoms with van der Waals surface area (Å²) < 4.78 is 9.92. The molecule has 0 saturated heterocycles. The van der Waals surface area contributed by atoms with Crippen LogP contribution in [-0.4, -0.2) is 50.0 Å². The fourth-order valence-electron chi connectivity index (χ4n) is 1.59. The maximum Gasteiger partial charge on any atom is 0.307 e. The molecule has 0 radical (unpaired) electrons. The van der Waals surface area contributed by atoms with Crippen molar-refractivity contribution in [1.29, 1.82) is 0 Å². The zero-order chi connectivity index (χ0) is 15.6. The summed E-state index contributed by atoms with van der Waals surface area (Å²) in [6, 6.07) is 0. The number of rotatable bonds is 10. The molecule has 0 aromatic rings. The number of esters is 1. The van der Waals surface area contributed by atoms with E-state index in [9.17, 15) is 14.7 Å².